The van der Waals surface area contributed by atoms with E-state index in [4.69, 9.17) is 15.3 Å². The summed E-state index contributed by atoms with van der Waals surface area (Å²) in [7, 11) is 0. The van der Waals surface area contributed by atoms with E-state index >= 15 is 0 Å². The second-order valence-electron chi connectivity index (χ2n) is 3.29. The monoisotopic (exact) mass is 249 g/mol. The lowest BCUT2D eigenvalue weighted by Gasteiger charge is -2.17. The van der Waals surface area contributed by atoms with Crippen LogP contribution in [0.2, 0.25) is 0 Å². The van der Waals surface area contributed by atoms with Gasteiger partial charge in [0.2, 0.25) is 5.91 Å². The van der Waals surface area contributed by atoms with E-state index in [-0.39, 0.29) is 39.1 Å². The number of aliphatic hydroxyl groups excluding tert-OH is 2. The Morgan fingerprint density at radius 3 is 2.29 bits per heavy atom. The van der Waals surface area contributed by atoms with E-state index in [1.165, 1.54) is 0 Å². The molecular weight excluding hydrogens is 230 g/mol. The van der Waals surface area contributed by atoms with Crippen LogP contribution in [0.4, 0.5) is 0 Å². The standard InChI is InChI=1S/C9H19N3O5/c13-5-3-10-9(17)7(1-2-8(15)16)12-11-4-6-14/h7,11-14H,1-6H2,(H,10,17)(H,15,16)/t7-/m0/s1. The van der Waals surface area contributed by atoms with Gasteiger partial charge >= 0.3 is 5.97 Å². The van der Waals surface area contributed by atoms with Gasteiger partial charge in [-0.15, -0.1) is 0 Å². The average molecular weight is 249 g/mol. The van der Waals surface area contributed by atoms with Gasteiger partial charge in [-0.2, -0.15) is 0 Å². The molecule has 1 atom stereocenters. The predicted molar refractivity (Wildman–Crippen MR) is 59.0 cm³/mol. The summed E-state index contributed by atoms with van der Waals surface area (Å²) in [5.74, 6) is -1.39. The highest BCUT2D eigenvalue weighted by molar-refractivity contribution is 5.82. The molecule has 0 aromatic rings. The Kier molecular flexibility index (Phi) is 9.25. The first-order valence-electron chi connectivity index (χ1n) is 5.31. The Balaban J connectivity index is 4.07. The quantitative estimate of drug-likeness (QED) is 0.185. The van der Waals surface area contributed by atoms with Crippen molar-refractivity contribution in [2.24, 2.45) is 0 Å². The third-order valence-corrected chi connectivity index (χ3v) is 1.89. The fraction of sp³-hybridized carbons (Fsp3) is 0.778. The second-order valence-corrected chi connectivity index (χ2v) is 3.29. The molecule has 1 amide bonds. The van der Waals surface area contributed by atoms with Crippen LogP contribution in [0, 0.1) is 0 Å². The molecule has 0 spiro atoms. The number of nitrogens with one attached hydrogen (secondary N) is 3. The van der Waals surface area contributed by atoms with Crippen molar-refractivity contribution in [2.75, 3.05) is 26.3 Å². The Bertz CT molecular complexity index is 237. The molecule has 0 saturated heterocycles. The van der Waals surface area contributed by atoms with Crippen molar-refractivity contribution in [2.45, 2.75) is 18.9 Å². The maximum atomic E-state index is 11.5. The summed E-state index contributed by atoms with van der Waals surface area (Å²) in [4.78, 5) is 21.9. The number of aliphatic carboxylic acids is 1. The van der Waals surface area contributed by atoms with E-state index < -0.39 is 17.9 Å². The molecule has 6 N–H and O–H groups in total. The molecule has 0 aliphatic rings. The third kappa shape index (κ3) is 8.57. The molecule has 8 heteroatoms. The zero-order valence-corrected chi connectivity index (χ0v) is 9.48. The van der Waals surface area contributed by atoms with Crippen molar-refractivity contribution < 1.29 is 24.9 Å². The Morgan fingerprint density at radius 1 is 1.12 bits per heavy atom. The molecule has 0 rings (SSSR count). The van der Waals surface area contributed by atoms with Gasteiger partial charge in [0.05, 0.1) is 13.2 Å². The van der Waals surface area contributed by atoms with Crippen LogP contribution < -0.4 is 16.2 Å². The smallest absolute Gasteiger partial charge is 0.303 e. The van der Waals surface area contributed by atoms with Gasteiger partial charge in [0.1, 0.15) is 6.04 Å². The topological polar surface area (TPSA) is 131 Å². The summed E-state index contributed by atoms with van der Waals surface area (Å²) in [6.07, 6.45) is -0.0317. The van der Waals surface area contributed by atoms with Crippen LogP contribution in [0.5, 0.6) is 0 Å². The maximum absolute atomic E-state index is 11.5. The number of amides is 1. The molecule has 0 aromatic heterocycles. The first-order valence-corrected chi connectivity index (χ1v) is 5.31. The van der Waals surface area contributed by atoms with Crippen molar-refractivity contribution >= 4 is 11.9 Å². The van der Waals surface area contributed by atoms with E-state index in [0.29, 0.717) is 0 Å². The predicted octanol–water partition coefficient (Wildman–Crippen LogP) is -2.59. The zero-order chi connectivity index (χ0) is 13.1. The molecule has 0 aromatic carbocycles. The van der Waals surface area contributed by atoms with Crippen molar-refractivity contribution in [1.82, 2.24) is 16.2 Å². The van der Waals surface area contributed by atoms with Crippen LogP contribution in [0.15, 0.2) is 0 Å². The van der Waals surface area contributed by atoms with Crippen molar-refractivity contribution in [3.05, 3.63) is 0 Å². The molecule has 0 radical (unpaired) electrons. The first-order chi connectivity index (χ1) is 8.11. The van der Waals surface area contributed by atoms with Crippen LogP contribution in [0.25, 0.3) is 0 Å². The van der Waals surface area contributed by atoms with Gasteiger partial charge in [-0.25, -0.2) is 5.43 Å². The van der Waals surface area contributed by atoms with Crippen LogP contribution >= 0.6 is 0 Å². The first kappa shape index (κ1) is 15.8. The number of hydrogen-bond donors (Lipinski definition) is 6. The highest BCUT2D eigenvalue weighted by Crippen LogP contribution is 1.97. The van der Waals surface area contributed by atoms with E-state index in [2.05, 4.69) is 16.2 Å². The normalized spacial score (nSPS) is 12.1. The SMILES string of the molecule is O=C(O)CC[C@H](NNCCO)C(=O)NCCO. The molecule has 0 aliphatic carbocycles. The Labute approximate surface area is 99.0 Å². The number of hydrazine groups is 1. The molecule has 0 aliphatic heterocycles. The number of rotatable bonds is 10. The molecule has 0 unspecified atom stereocenters. The van der Waals surface area contributed by atoms with E-state index in [1.54, 1.807) is 0 Å². The van der Waals surface area contributed by atoms with Crippen LogP contribution in [0.3, 0.4) is 0 Å². The molecule has 100 valence electrons. The molecule has 8 nitrogen and oxygen atoms in total. The van der Waals surface area contributed by atoms with Crippen molar-refractivity contribution in [3.63, 3.8) is 0 Å². The van der Waals surface area contributed by atoms with Gasteiger partial charge in [-0.3, -0.25) is 15.0 Å². The number of carbonyl (C=O) groups is 2. The molecule has 0 bridgehead atoms. The fourth-order valence-corrected chi connectivity index (χ4v) is 1.09. The highest BCUT2D eigenvalue weighted by Gasteiger charge is 2.18. The zero-order valence-electron chi connectivity index (χ0n) is 9.48. The third-order valence-electron chi connectivity index (χ3n) is 1.89. The minimum atomic E-state index is -0.992. The number of carbonyl (C=O) groups excluding carboxylic acids is 1. The maximum Gasteiger partial charge on any atom is 0.303 e. The average Bonchev–Trinajstić information content (AvgIpc) is 2.30. The molecule has 17 heavy (non-hydrogen) atoms. The lowest BCUT2D eigenvalue weighted by atomic mass is 10.1. The van der Waals surface area contributed by atoms with E-state index in [1.807, 2.05) is 0 Å². The minimum absolute atomic E-state index is 0.100. The fourth-order valence-electron chi connectivity index (χ4n) is 1.09. The van der Waals surface area contributed by atoms with Gasteiger partial charge in [0.15, 0.2) is 0 Å². The summed E-state index contributed by atoms with van der Waals surface area (Å²) >= 11 is 0. The summed E-state index contributed by atoms with van der Waals surface area (Å²) in [6.45, 7) is 0.0826. The second kappa shape index (κ2) is 9.97. The Hall–Kier alpha value is -1.22. The van der Waals surface area contributed by atoms with Gasteiger partial charge in [-0.1, -0.05) is 0 Å². The largest absolute Gasteiger partial charge is 0.481 e. The minimum Gasteiger partial charge on any atom is -0.481 e. The molecule has 0 heterocycles. The highest BCUT2D eigenvalue weighted by atomic mass is 16.4. The number of carboxylic acids is 1. The summed E-state index contributed by atoms with van der Waals surface area (Å²) in [5.41, 5.74) is 5.22. The number of carboxylic acid groups (broad SMARTS) is 1. The number of hydrogen-bond acceptors (Lipinski definition) is 6. The van der Waals surface area contributed by atoms with Crippen molar-refractivity contribution in [1.29, 1.82) is 0 Å². The molecule has 0 saturated carbocycles. The van der Waals surface area contributed by atoms with Crippen LogP contribution in [0.1, 0.15) is 12.8 Å². The van der Waals surface area contributed by atoms with Crippen LogP contribution in [-0.2, 0) is 9.59 Å². The Morgan fingerprint density at radius 2 is 1.76 bits per heavy atom. The molecular formula is C9H19N3O5. The van der Waals surface area contributed by atoms with Gasteiger partial charge in [-0.05, 0) is 6.42 Å². The van der Waals surface area contributed by atoms with E-state index in [9.17, 15) is 9.59 Å². The van der Waals surface area contributed by atoms with E-state index in [0.717, 1.165) is 0 Å². The van der Waals surface area contributed by atoms with Gasteiger partial charge < -0.3 is 20.6 Å². The summed E-state index contributed by atoms with van der Waals surface area (Å²) < 4.78 is 0. The van der Waals surface area contributed by atoms with Crippen molar-refractivity contribution in [3.8, 4) is 0 Å². The summed E-state index contributed by atoms with van der Waals surface area (Å²) in [6, 6.07) is -0.718. The lowest BCUT2D eigenvalue weighted by Crippen LogP contribution is -2.51. The lowest BCUT2D eigenvalue weighted by molar-refractivity contribution is -0.137. The number of aliphatic hydroxyl groups is 2. The van der Waals surface area contributed by atoms with Crippen LogP contribution in [-0.4, -0.2) is 59.5 Å². The summed E-state index contributed by atoms with van der Waals surface area (Å²) in [5, 5.41) is 28.1. The molecule has 0 fully saturated rings. The van der Waals surface area contributed by atoms with Gasteiger partial charge in [0, 0.05) is 19.5 Å². The van der Waals surface area contributed by atoms with Gasteiger partial charge in [0.25, 0.3) is 0 Å².